The van der Waals surface area contributed by atoms with Crippen molar-refractivity contribution in [2.75, 3.05) is 5.32 Å². The zero-order valence-electron chi connectivity index (χ0n) is 11.0. The van der Waals surface area contributed by atoms with E-state index < -0.39 is 16.4 Å². The van der Waals surface area contributed by atoms with Crippen molar-refractivity contribution in [3.05, 3.63) is 32.8 Å². The van der Waals surface area contributed by atoms with E-state index in [1.54, 1.807) is 6.92 Å². The van der Waals surface area contributed by atoms with Gasteiger partial charge in [0.1, 0.15) is 10.6 Å². The molecule has 2 rings (SSSR count). The highest BCUT2D eigenvalue weighted by molar-refractivity contribution is 6.33. The summed E-state index contributed by atoms with van der Waals surface area (Å²) in [5, 5.41) is 23.3. The second-order valence-electron chi connectivity index (χ2n) is 5.10. The summed E-state index contributed by atoms with van der Waals surface area (Å²) in [5.74, 6) is -0.899. The zero-order valence-corrected chi connectivity index (χ0v) is 11.7. The van der Waals surface area contributed by atoms with Gasteiger partial charge in [-0.1, -0.05) is 24.4 Å². The van der Waals surface area contributed by atoms with E-state index in [4.69, 9.17) is 11.6 Å². The summed E-state index contributed by atoms with van der Waals surface area (Å²) in [7, 11) is 0. The van der Waals surface area contributed by atoms with Gasteiger partial charge >= 0.3 is 5.97 Å². The van der Waals surface area contributed by atoms with Crippen molar-refractivity contribution in [2.24, 2.45) is 0 Å². The predicted molar refractivity (Wildman–Crippen MR) is 75.3 cm³/mol. The number of aryl methyl sites for hydroxylation is 1. The quantitative estimate of drug-likeness (QED) is 0.656. The average molecular weight is 299 g/mol. The lowest BCUT2D eigenvalue weighted by Gasteiger charge is -2.27. The summed E-state index contributed by atoms with van der Waals surface area (Å²) in [6.07, 6.45) is 2.77. The van der Waals surface area contributed by atoms with E-state index in [0.717, 1.165) is 12.8 Å². The van der Waals surface area contributed by atoms with Crippen LogP contribution in [0, 0.1) is 17.0 Å². The van der Waals surface area contributed by atoms with Crippen molar-refractivity contribution in [3.8, 4) is 0 Å². The lowest BCUT2D eigenvalue weighted by atomic mass is 9.96. The maximum atomic E-state index is 11.5. The summed E-state index contributed by atoms with van der Waals surface area (Å²) in [4.78, 5) is 21.7. The zero-order chi connectivity index (χ0) is 14.9. The molecule has 0 heterocycles. The molecule has 2 N–H and O–H groups in total. The van der Waals surface area contributed by atoms with E-state index in [1.807, 2.05) is 0 Å². The fourth-order valence-corrected chi connectivity index (χ4v) is 2.80. The number of aliphatic carboxylic acids is 1. The van der Waals surface area contributed by atoms with Crippen LogP contribution in [0.5, 0.6) is 0 Å². The highest BCUT2D eigenvalue weighted by atomic mass is 35.5. The molecule has 0 saturated heterocycles. The molecule has 1 aromatic carbocycles. The molecule has 7 heteroatoms. The Morgan fingerprint density at radius 1 is 1.45 bits per heavy atom. The Labute approximate surface area is 120 Å². The molecule has 1 aliphatic carbocycles. The number of nitro benzene ring substituents is 1. The van der Waals surface area contributed by atoms with Crippen LogP contribution in [0.25, 0.3) is 0 Å². The van der Waals surface area contributed by atoms with Gasteiger partial charge in [0.25, 0.3) is 5.69 Å². The Kier molecular flexibility index (Phi) is 3.85. The number of carbonyl (C=O) groups is 1. The lowest BCUT2D eigenvalue weighted by Crippen LogP contribution is -2.43. The number of rotatable bonds is 4. The van der Waals surface area contributed by atoms with Gasteiger partial charge in [-0.2, -0.15) is 0 Å². The SMILES string of the molecule is Cc1cc([N+](=O)[O-])c(Cl)cc1NC1(C(=O)O)CCCC1. The van der Waals surface area contributed by atoms with Crippen LogP contribution in [0.1, 0.15) is 31.2 Å². The van der Waals surface area contributed by atoms with Crippen molar-refractivity contribution in [3.63, 3.8) is 0 Å². The number of anilines is 1. The monoisotopic (exact) mass is 298 g/mol. The first-order valence-electron chi connectivity index (χ1n) is 6.32. The van der Waals surface area contributed by atoms with E-state index >= 15 is 0 Å². The molecule has 1 saturated carbocycles. The third kappa shape index (κ3) is 2.56. The summed E-state index contributed by atoms with van der Waals surface area (Å²) < 4.78 is 0. The van der Waals surface area contributed by atoms with Gasteiger partial charge in [-0.25, -0.2) is 4.79 Å². The molecule has 1 aromatic rings. The smallest absolute Gasteiger partial charge is 0.329 e. The van der Waals surface area contributed by atoms with E-state index in [0.29, 0.717) is 24.1 Å². The number of nitrogens with zero attached hydrogens (tertiary/aromatic N) is 1. The predicted octanol–water partition coefficient (Wildman–Crippen LogP) is 3.37. The van der Waals surface area contributed by atoms with Gasteiger partial charge in [0.05, 0.1) is 4.92 Å². The summed E-state index contributed by atoms with van der Waals surface area (Å²) in [5.41, 5.74) is -0.0337. The second kappa shape index (κ2) is 5.28. The molecule has 0 radical (unpaired) electrons. The van der Waals surface area contributed by atoms with Gasteiger partial charge in [-0.15, -0.1) is 0 Å². The third-order valence-electron chi connectivity index (χ3n) is 3.73. The van der Waals surface area contributed by atoms with Crippen molar-refractivity contribution >= 4 is 28.9 Å². The maximum Gasteiger partial charge on any atom is 0.329 e. The Hall–Kier alpha value is -1.82. The normalized spacial score (nSPS) is 16.9. The maximum absolute atomic E-state index is 11.5. The molecule has 20 heavy (non-hydrogen) atoms. The molecule has 0 spiro atoms. The third-order valence-corrected chi connectivity index (χ3v) is 4.03. The Morgan fingerprint density at radius 2 is 2.05 bits per heavy atom. The minimum absolute atomic E-state index is 0.00151. The lowest BCUT2D eigenvalue weighted by molar-refractivity contribution is -0.384. The van der Waals surface area contributed by atoms with Crippen LogP contribution < -0.4 is 5.32 Å². The topological polar surface area (TPSA) is 92.5 Å². The number of nitro groups is 1. The van der Waals surface area contributed by atoms with Gasteiger partial charge in [0.15, 0.2) is 0 Å². The van der Waals surface area contributed by atoms with Gasteiger partial charge < -0.3 is 10.4 Å². The molecule has 0 amide bonds. The van der Waals surface area contributed by atoms with E-state index in [1.165, 1.54) is 12.1 Å². The van der Waals surface area contributed by atoms with Crippen molar-refractivity contribution in [1.29, 1.82) is 0 Å². The fourth-order valence-electron chi connectivity index (χ4n) is 2.57. The summed E-state index contributed by atoms with van der Waals surface area (Å²) in [6.45, 7) is 1.69. The van der Waals surface area contributed by atoms with Crippen molar-refractivity contribution in [2.45, 2.75) is 38.1 Å². The Balaban J connectivity index is 2.36. The number of hydrogen-bond donors (Lipinski definition) is 2. The van der Waals surface area contributed by atoms with E-state index in [-0.39, 0.29) is 10.7 Å². The van der Waals surface area contributed by atoms with Crippen LogP contribution in [-0.4, -0.2) is 21.5 Å². The molecular weight excluding hydrogens is 284 g/mol. The first kappa shape index (κ1) is 14.6. The largest absolute Gasteiger partial charge is 0.480 e. The molecule has 0 unspecified atom stereocenters. The van der Waals surface area contributed by atoms with Crippen LogP contribution in [0.15, 0.2) is 12.1 Å². The molecule has 0 bridgehead atoms. The fraction of sp³-hybridized carbons (Fsp3) is 0.462. The van der Waals surface area contributed by atoms with Gasteiger partial charge in [0, 0.05) is 11.8 Å². The first-order chi connectivity index (χ1) is 9.35. The van der Waals surface area contributed by atoms with Gasteiger partial charge in [-0.3, -0.25) is 10.1 Å². The van der Waals surface area contributed by atoms with Crippen molar-refractivity contribution in [1.82, 2.24) is 0 Å². The van der Waals surface area contributed by atoms with E-state index in [2.05, 4.69) is 5.32 Å². The number of carboxylic acid groups (broad SMARTS) is 1. The van der Waals surface area contributed by atoms with Crippen molar-refractivity contribution < 1.29 is 14.8 Å². The second-order valence-corrected chi connectivity index (χ2v) is 5.50. The van der Waals surface area contributed by atoms with Crippen LogP contribution >= 0.6 is 11.6 Å². The minimum atomic E-state index is -0.996. The number of hydrogen-bond acceptors (Lipinski definition) is 4. The molecular formula is C13H15ClN2O4. The molecule has 0 atom stereocenters. The number of nitrogens with one attached hydrogen (secondary N) is 1. The van der Waals surface area contributed by atoms with E-state index in [9.17, 15) is 20.0 Å². The number of benzene rings is 1. The molecule has 1 fully saturated rings. The van der Waals surface area contributed by atoms with Crippen LogP contribution in [0.3, 0.4) is 0 Å². The van der Waals surface area contributed by atoms with Gasteiger partial charge in [0.2, 0.25) is 0 Å². The van der Waals surface area contributed by atoms with Crippen LogP contribution in [0.4, 0.5) is 11.4 Å². The summed E-state index contributed by atoms with van der Waals surface area (Å²) >= 11 is 5.88. The highest BCUT2D eigenvalue weighted by Crippen LogP contribution is 2.37. The molecule has 6 nitrogen and oxygen atoms in total. The van der Waals surface area contributed by atoms with Crippen LogP contribution in [-0.2, 0) is 4.79 Å². The Bertz CT molecular complexity index is 568. The number of halogens is 1. The van der Waals surface area contributed by atoms with Crippen LogP contribution in [0.2, 0.25) is 5.02 Å². The minimum Gasteiger partial charge on any atom is -0.480 e. The number of carboxylic acids is 1. The van der Waals surface area contributed by atoms with Gasteiger partial charge in [-0.05, 0) is 31.4 Å². The molecule has 0 aromatic heterocycles. The molecule has 1 aliphatic rings. The average Bonchev–Trinajstić information content (AvgIpc) is 2.83. The first-order valence-corrected chi connectivity index (χ1v) is 6.70. The molecule has 108 valence electrons. The summed E-state index contributed by atoms with van der Waals surface area (Å²) in [6, 6.07) is 2.78. The standard InChI is InChI=1S/C13H15ClN2O4/c1-8-6-11(16(19)20)9(14)7-10(8)15-13(12(17)18)4-2-3-5-13/h6-7,15H,2-5H2,1H3,(H,17,18). The molecule has 0 aliphatic heterocycles. The highest BCUT2D eigenvalue weighted by Gasteiger charge is 2.41. The Morgan fingerprint density at radius 3 is 2.55 bits per heavy atom.